The van der Waals surface area contributed by atoms with Crippen LogP contribution < -0.4 is 11.2 Å². The van der Waals surface area contributed by atoms with Gasteiger partial charge in [0.1, 0.15) is 5.01 Å². The number of hydrogen-bond acceptors (Lipinski definition) is 5. The number of piperidine rings is 1. The Morgan fingerprint density at radius 3 is 2.79 bits per heavy atom. The summed E-state index contributed by atoms with van der Waals surface area (Å²) in [5.74, 6) is 0.284. The zero-order valence-corrected chi connectivity index (χ0v) is 16.5. The van der Waals surface area contributed by atoms with Crippen LogP contribution in [0.25, 0.3) is 10.6 Å². The molecule has 1 saturated heterocycles. The molecule has 1 aliphatic heterocycles. The molecule has 1 aliphatic rings. The predicted molar refractivity (Wildman–Crippen MR) is 108 cm³/mol. The van der Waals surface area contributed by atoms with E-state index in [0.717, 1.165) is 35.5 Å². The van der Waals surface area contributed by atoms with Gasteiger partial charge < -0.3 is 10.6 Å². The number of rotatable bonds is 7. The quantitative estimate of drug-likeness (QED) is 0.488. The van der Waals surface area contributed by atoms with Gasteiger partial charge in [0.15, 0.2) is 0 Å². The zero-order valence-electron chi connectivity index (χ0n) is 15.7. The molecule has 2 unspecified atom stereocenters. The number of carbonyl (C=O) groups excluding carboxylic acids is 2. The van der Waals surface area contributed by atoms with Crippen molar-refractivity contribution in [2.24, 2.45) is 17.6 Å². The lowest BCUT2D eigenvalue weighted by Gasteiger charge is -2.37. The molecule has 0 saturated carbocycles. The zero-order chi connectivity index (χ0) is 19.9. The van der Waals surface area contributed by atoms with Crippen molar-refractivity contribution >= 4 is 23.3 Å². The van der Waals surface area contributed by atoms with E-state index in [-0.39, 0.29) is 17.9 Å². The minimum absolute atomic E-state index is 0.254. The van der Waals surface area contributed by atoms with Crippen LogP contribution in [-0.4, -0.2) is 40.1 Å². The van der Waals surface area contributed by atoms with E-state index >= 15 is 0 Å². The lowest BCUT2D eigenvalue weighted by Crippen LogP contribution is -2.46. The molecule has 1 aromatic heterocycles. The predicted octanol–water partition coefficient (Wildman–Crippen LogP) is 3.05. The second kappa shape index (κ2) is 9.66. The summed E-state index contributed by atoms with van der Waals surface area (Å²) in [5, 5.41) is 11.7. The first-order valence-corrected chi connectivity index (χ1v) is 10.4. The first-order valence-electron chi connectivity index (χ1n) is 9.54. The van der Waals surface area contributed by atoms with Crippen LogP contribution in [0.1, 0.15) is 31.4 Å². The molecule has 4 N–H and O–H groups in total. The number of thiazole rings is 1. The summed E-state index contributed by atoms with van der Waals surface area (Å²) in [4.78, 5) is 29.4. The minimum atomic E-state index is -0.383. The van der Waals surface area contributed by atoms with Crippen LogP contribution in [0.2, 0.25) is 0 Å². The SMILES string of the molecule is NC(=O)N1CCC(CCCC(=O)NO)C(Cc2csc(-c3ccccc3)n2)C1. The number of hydrogen-bond donors (Lipinski definition) is 3. The summed E-state index contributed by atoms with van der Waals surface area (Å²) in [6.07, 6.45) is 3.53. The molecule has 7 nitrogen and oxygen atoms in total. The Morgan fingerprint density at radius 1 is 1.29 bits per heavy atom. The molecule has 0 bridgehead atoms. The second-order valence-corrected chi connectivity index (χ2v) is 8.09. The fourth-order valence-electron chi connectivity index (χ4n) is 3.86. The molecule has 1 aromatic carbocycles. The van der Waals surface area contributed by atoms with Gasteiger partial charge in [-0.05, 0) is 37.5 Å². The highest BCUT2D eigenvalue weighted by atomic mass is 32.1. The van der Waals surface area contributed by atoms with Crippen molar-refractivity contribution < 1.29 is 14.8 Å². The summed E-state index contributed by atoms with van der Waals surface area (Å²) < 4.78 is 0. The summed E-state index contributed by atoms with van der Waals surface area (Å²) in [5.41, 5.74) is 9.31. The van der Waals surface area contributed by atoms with Gasteiger partial charge in [-0.25, -0.2) is 15.3 Å². The van der Waals surface area contributed by atoms with Gasteiger partial charge in [-0.2, -0.15) is 0 Å². The van der Waals surface area contributed by atoms with Crippen molar-refractivity contribution in [1.82, 2.24) is 15.4 Å². The number of nitrogens with one attached hydrogen (secondary N) is 1. The smallest absolute Gasteiger partial charge is 0.314 e. The Bertz CT molecular complexity index is 796. The topological polar surface area (TPSA) is 109 Å². The van der Waals surface area contributed by atoms with E-state index in [1.165, 1.54) is 0 Å². The molecule has 1 fully saturated rings. The van der Waals surface area contributed by atoms with Crippen LogP contribution in [0.3, 0.4) is 0 Å². The van der Waals surface area contributed by atoms with Gasteiger partial charge in [-0.1, -0.05) is 30.3 Å². The maximum Gasteiger partial charge on any atom is 0.314 e. The standard InChI is InChI=1S/C20H26N4O3S/c21-20(26)24-10-9-14(7-4-8-18(25)23-27)16(12-24)11-17-13-28-19(22-17)15-5-2-1-3-6-15/h1-3,5-6,13-14,16,27H,4,7-12H2,(H2,21,26)(H,23,25). The van der Waals surface area contributed by atoms with Gasteiger partial charge in [0.05, 0.1) is 5.69 Å². The molecule has 28 heavy (non-hydrogen) atoms. The Morgan fingerprint density at radius 2 is 2.07 bits per heavy atom. The monoisotopic (exact) mass is 402 g/mol. The van der Waals surface area contributed by atoms with Gasteiger partial charge in [-0.3, -0.25) is 10.0 Å². The maximum absolute atomic E-state index is 11.6. The Labute approximate surface area is 168 Å². The van der Waals surface area contributed by atoms with Gasteiger partial charge in [0, 0.05) is 30.5 Å². The molecule has 0 aliphatic carbocycles. The van der Waals surface area contributed by atoms with E-state index < -0.39 is 0 Å². The molecular weight excluding hydrogens is 376 g/mol. The average Bonchev–Trinajstić information content (AvgIpc) is 3.18. The van der Waals surface area contributed by atoms with Crippen LogP contribution in [0, 0.1) is 11.8 Å². The first kappa shape index (κ1) is 20.3. The fourth-order valence-corrected chi connectivity index (χ4v) is 4.69. The number of carbonyl (C=O) groups is 2. The molecule has 150 valence electrons. The average molecular weight is 403 g/mol. The number of nitrogens with two attached hydrogens (primary N) is 1. The molecule has 3 rings (SSSR count). The van der Waals surface area contributed by atoms with E-state index in [1.807, 2.05) is 30.3 Å². The third-order valence-electron chi connectivity index (χ3n) is 5.35. The molecule has 2 heterocycles. The van der Waals surface area contributed by atoms with Crippen molar-refractivity contribution in [3.8, 4) is 10.6 Å². The van der Waals surface area contributed by atoms with E-state index in [4.69, 9.17) is 15.9 Å². The first-order chi connectivity index (χ1) is 13.6. The lowest BCUT2D eigenvalue weighted by atomic mass is 9.79. The van der Waals surface area contributed by atoms with Crippen molar-refractivity contribution in [3.63, 3.8) is 0 Å². The maximum atomic E-state index is 11.6. The summed E-state index contributed by atoms with van der Waals surface area (Å²) in [6, 6.07) is 9.70. The van der Waals surface area contributed by atoms with Crippen molar-refractivity contribution in [1.29, 1.82) is 0 Å². The lowest BCUT2D eigenvalue weighted by molar-refractivity contribution is -0.129. The number of hydroxylamine groups is 1. The highest BCUT2D eigenvalue weighted by Crippen LogP contribution is 2.32. The van der Waals surface area contributed by atoms with Crippen molar-refractivity contribution in [2.45, 2.75) is 32.1 Å². The van der Waals surface area contributed by atoms with Crippen molar-refractivity contribution in [3.05, 3.63) is 41.4 Å². The highest BCUT2D eigenvalue weighted by molar-refractivity contribution is 7.13. The van der Waals surface area contributed by atoms with E-state index in [2.05, 4.69) is 5.38 Å². The third kappa shape index (κ3) is 5.30. The van der Waals surface area contributed by atoms with Gasteiger partial charge in [0.2, 0.25) is 5.91 Å². The van der Waals surface area contributed by atoms with E-state index in [9.17, 15) is 9.59 Å². The molecule has 3 amide bonds. The molecule has 0 spiro atoms. The molecule has 2 aromatic rings. The van der Waals surface area contributed by atoms with Crippen LogP contribution in [-0.2, 0) is 11.2 Å². The summed E-state index contributed by atoms with van der Waals surface area (Å²) >= 11 is 1.63. The number of benzene rings is 1. The minimum Gasteiger partial charge on any atom is -0.351 e. The third-order valence-corrected chi connectivity index (χ3v) is 6.29. The van der Waals surface area contributed by atoms with Gasteiger partial charge >= 0.3 is 6.03 Å². The van der Waals surface area contributed by atoms with Crippen LogP contribution in [0.5, 0.6) is 0 Å². The van der Waals surface area contributed by atoms with Crippen LogP contribution in [0.4, 0.5) is 4.79 Å². The largest absolute Gasteiger partial charge is 0.351 e. The van der Waals surface area contributed by atoms with Crippen LogP contribution in [0.15, 0.2) is 35.7 Å². The molecule has 0 radical (unpaired) electrons. The van der Waals surface area contributed by atoms with E-state index in [0.29, 0.717) is 31.8 Å². The summed E-state index contributed by atoms with van der Waals surface area (Å²) in [7, 11) is 0. The Hall–Kier alpha value is -2.45. The number of primary amides is 1. The number of urea groups is 1. The molecule has 8 heteroatoms. The summed E-state index contributed by atoms with van der Waals surface area (Å²) in [6.45, 7) is 1.26. The normalized spacial score (nSPS) is 19.4. The number of likely N-dealkylation sites (tertiary alicyclic amines) is 1. The van der Waals surface area contributed by atoms with Gasteiger partial charge in [-0.15, -0.1) is 11.3 Å². The van der Waals surface area contributed by atoms with Crippen molar-refractivity contribution in [2.75, 3.05) is 13.1 Å². The van der Waals surface area contributed by atoms with Gasteiger partial charge in [0.25, 0.3) is 0 Å². The number of nitrogens with zero attached hydrogens (tertiary/aromatic N) is 2. The second-order valence-electron chi connectivity index (χ2n) is 7.23. The Balaban J connectivity index is 1.66. The van der Waals surface area contributed by atoms with Crippen LogP contribution >= 0.6 is 11.3 Å². The molecular formula is C20H26N4O3S. The molecule has 2 atom stereocenters. The fraction of sp³-hybridized carbons (Fsp3) is 0.450. The highest BCUT2D eigenvalue weighted by Gasteiger charge is 2.31. The van der Waals surface area contributed by atoms with E-state index in [1.54, 1.807) is 21.7 Å². The Kier molecular flexibility index (Phi) is 7.00. The number of aromatic nitrogens is 1. The number of amides is 3.